The van der Waals surface area contributed by atoms with Crippen LogP contribution in [0, 0.1) is 6.92 Å². The average molecular weight is 493 g/mol. The second-order valence-electron chi connectivity index (χ2n) is 8.50. The Bertz CT molecular complexity index is 1270. The van der Waals surface area contributed by atoms with Gasteiger partial charge in [0.15, 0.2) is 11.5 Å². The fraction of sp³-hybridized carbons (Fsp3) is 0.320. The Balaban J connectivity index is 1.67. The van der Waals surface area contributed by atoms with Crippen molar-refractivity contribution in [3.8, 4) is 11.3 Å². The molecule has 1 aliphatic heterocycles. The molecule has 0 aliphatic carbocycles. The average Bonchev–Trinajstić information content (AvgIpc) is 3.22. The lowest BCUT2D eigenvalue weighted by molar-refractivity contribution is 0.0516. The number of nitrogens with two attached hydrogens (primary N) is 1. The van der Waals surface area contributed by atoms with Crippen molar-refractivity contribution < 1.29 is 24.2 Å². The molecule has 3 aromatic rings. The molecule has 1 aliphatic rings. The number of esters is 1. The van der Waals surface area contributed by atoms with Crippen LogP contribution in [-0.4, -0.2) is 55.8 Å². The van der Waals surface area contributed by atoms with E-state index in [1.54, 1.807) is 43.5 Å². The number of aryl methyl sites for hydroxylation is 1. The Morgan fingerprint density at radius 1 is 1.17 bits per heavy atom. The first-order valence-electron chi connectivity index (χ1n) is 11.7. The summed E-state index contributed by atoms with van der Waals surface area (Å²) < 4.78 is 6.33. The van der Waals surface area contributed by atoms with Gasteiger partial charge in [-0.2, -0.15) is 0 Å². The topological polar surface area (TPSA) is 153 Å². The molecule has 4 rings (SSSR count). The molecule has 1 saturated heterocycles. The van der Waals surface area contributed by atoms with E-state index in [-0.39, 0.29) is 29.7 Å². The van der Waals surface area contributed by atoms with E-state index in [9.17, 15) is 19.5 Å². The standard InChI is InChI=1S/C25H28N6O5/c1-3-36-24(33)21-20(29-22(31(21)26)18-6-4-5-13-30(18)25(34)35)16-8-10-17(11-9-16)23(32)28-19-12-7-15(2)14-27-19/h7-12,14,18H,3-6,13,26H2,1-2H3,(H,34,35)(H,27,28,32)/t18-/m0/s1. The van der Waals surface area contributed by atoms with E-state index in [1.807, 2.05) is 13.0 Å². The Morgan fingerprint density at radius 2 is 1.92 bits per heavy atom. The summed E-state index contributed by atoms with van der Waals surface area (Å²) in [7, 11) is 0. The Kier molecular flexibility index (Phi) is 7.18. The summed E-state index contributed by atoms with van der Waals surface area (Å²) >= 11 is 0. The van der Waals surface area contributed by atoms with Crippen molar-refractivity contribution in [1.82, 2.24) is 19.5 Å². The van der Waals surface area contributed by atoms with Gasteiger partial charge in [-0.25, -0.2) is 24.2 Å². The molecule has 0 radical (unpaired) electrons. The number of benzene rings is 1. The molecule has 11 nitrogen and oxygen atoms in total. The fourth-order valence-corrected chi connectivity index (χ4v) is 4.22. The number of hydrogen-bond donors (Lipinski definition) is 3. The van der Waals surface area contributed by atoms with E-state index < -0.39 is 18.1 Å². The number of carboxylic acid groups (broad SMARTS) is 1. The molecule has 188 valence electrons. The number of pyridine rings is 1. The van der Waals surface area contributed by atoms with Crippen LogP contribution in [0.1, 0.15) is 64.5 Å². The van der Waals surface area contributed by atoms with Crippen LogP contribution in [0.5, 0.6) is 0 Å². The lowest BCUT2D eigenvalue weighted by Gasteiger charge is -2.32. The third-order valence-electron chi connectivity index (χ3n) is 6.03. The van der Waals surface area contributed by atoms with Crippen LogP contribution in [0.3, 0.4) is 0 Å². The summed E-state index contributed by atoms with van der Waals surface area (Å²) in [6, 6.07) is 9.50. The number of anilines is 1. The second-order valence-corrected chi connectivity index (χ2v) is 8.50. The van der Waals surface area contributed by atoms with Crippen LogP contribution in [-0.2, 0) is 4.74 Å². The molecule has 1 aromatic carbocycles. The number of ether oxygens (including phenoxy) is 1. The molecule has 0 bridgehead atoms. The summed E-state index contributed by atoms with van der Waals surface area (Å²) in [5.41, 5.74) is 2.17. The monoisotopic (exact) mass is 492 g/mol. The van der Waals surface area contributed by atoms with E-state index in [0.717, 1.165) is 23.1 Å². The first-order chi connectivity index (χ1) is 17.3. The summed E-state index contributed by atoms with van der Waals surface area (Å²) in [6.07, 6.45) is 2.68. The normalized spacial score (nSPS) is 15.4. The van der Waals surface area contributed by atoms with Gasteiger partial charge in [-0.05, 0) is 56.9 Å². The number of carbonyl (C=O) groups is 3. The number of amides is 2. The number of piperidine rings is 1. The van der Waals surface area contributed by atoms with Crippen molar-refractivity contribution >= 4 is 23.8 Å². The number of nitrogens with zero attached hydrogens (tertiary/aromatic N) is 4. The lowest BCUT2D eigenvalue weighted by Crippen LogP contribution is -2.39. The van der Waals surface area contributed by atoms with Gasteiger partial charge in [0.25, 0.3) is 5.91 Å². The zero-order chi connectivity index (χ0) is 25.8. The predicted octanol–water partition coefficient (Wildman–Crippen LogP) is 3.60. The molecule has 0 spiro atoms. The van der Waals surface area contributed by atoms with Crippen LogP contribution in [0.15, 0.2) is 42.6 Å². The minimum Gasteiger partial charge on any atom is -0.465 e. The number of rotatable bonds is 6. The quantitative estimate of drug-likeness (QED) is 0.348. The van der Waals surface area contributed by atoms with Gasteiger partial charge in [0.05, 0.1) is 12.6 Å². The molecule has 0 saturated carbocycles. The number of likely N-dealkylation sites (tertiary alicyclic amines) is 1. The van der Waals surface area contributed by atoms with Gasteiger partial charge in [0.1, 0.15) is 11.5 Å². The summed E-state index contributed by atoms with van der Waals surface area (Å²) in [4.78, 5) is 47.3. The Hall–Kier alpha value is -4.41. The first-order valence-corrected chi connectivity index (χ1v) is 11.7. The van der Waals surface area contributed by atoms with Gasteiger partial charge in [-0.15, -0.1) is 0 Å². The third-order valence-corrected chi connectivity index (χ3v) is 6.03. The number of aromatic nitrogens is 3. The van der Waals surface area contributed by atoms with Crippen molar-refractivity contribution in [3.63, 3.8) is 0 Å². The Morgan fingerprint density at radius 3 is 2.56 bits per heavy atom. The van der Waals surface area contributed by atoms with Crippen LogP contribution in [0.25, 0.3) is 11.3 Å². The van der Waals surface area contributed by atoms with Crippen molar-refractivity contribution in [2.75, 3.05) is 24.3 Å². The SMILES string of the molecule is CCOC(=O)c1c(-c2ccc(C(=O)Nc3ccc(C)cn3)cc2)nc([C@@H]2CCCCN2C(=O)O)n1N. The maximum atomic E-state index is 12.8. The zero-order valence-electron chi connectivity index (χ0n) is 20.1. The van der Waals surface area contributed by atoms with Gasteiger partial charge in [-0.3, -0.25) is 9.69 Å². The van der Waals surface area contributed by atoms with Gasteiger partial charge in [0.2, 0.25) is 0 Å². The molecule has 0 unspecified atom stereocenters. The number of nitrogen functional groups attached to an aromatic ring is 1. The highest BCUT2D eigenvalue weighted by Crippen LogP contribution is 2.34. The molecular formula is C25H28N6O5. The van der Waals surface area contributed by atoms with E-state index in [4.69, 9.17) is 10.6 Å². The maximum absolute atomic E-state index is 12.8. The second kappa shape index (κ2) is 10.5. The minimum atomic E-state index is -1.07. The highest BCUT2D eigenvalue weighted by molar-refractivity contribution is 6.04. The molecule has 11 heteroatoms. The summed E-state index contributed by atoms with van der Waals surface area (Å²) in [5, 5.41) is 12.4. The number of imidazole rings is 1. The molecule has 1 atom stereocenters. The van der Waals surface area contributed by atoms with Gasteiger partial charge < -0.3 is 21.0 Å². The van der Waals surface area contributed by atoms with E-state index >= 15 is 0 Å². The van der Waals surface area contributed by atoms with Crippen LogP contribution < -0.4 is 11.2 Å². The molecular weight excluding hydrogens is 464 g/mol. The highest BCUT2D eigenvalue weighted by Gasteiger charge is 2.34. The first kappa shape index (κ1) is 24.7. The largest absolute Gasteiger partial charge is 0.465 e. The van der Waals surface area contributed by atoms with Crippen molar-refractivity contribution in [2.24, 2.45) is 0 Å². The maximum Gasteiger partial charge on any atom is 0.407 e. The Labute approximate surface area is 207 Å². The molecule has 3 heterocycles. The van der Waals surface area contributed by atoms with E-state index in [2.05, 4.69) is 15.3 Å². The highest BCUT2D eigenvalue weighted by atomic mass is 16.5. The van der Waals surface area contributed by atoms with Gasteiger partial charge in [0, 0.05) is 23.9 Å². The molecule has 2 amide bonds. The van der Waals surface area contributed by atoms with Crippen LogP contribution in [0.2, 0.25) is 0 Å². The predicted molar refractivity (Wildman–Crippen MR) is 132 cm³/mol. The lowest BCUT2D eigenvalue weighted by atomic mass is 10.0. The third kappa shape index (κ3) is 4.99. The van der Waals surface area contributed by atoms with E-state index in [0.29, 0.717) is 29.9 Å². The zero-order valence-corrected chi connectivity index (χ0v) is 20.1. The molecule has 2 aromatic heterocycles. The molecule has 1 fully saturated rings. The number of hydrogen-bond acceptors (Lipinski definition) is 7. The number of nitrogens with one attached hydrogen (secondary N) is 1. The minimum absolute atomic E-state index is 0.0174. The number of carbonyl (C=O) groups excluding carboxylic acids is 2. The fourth-order valence-electron chi connectivity index (χ4n) is 4.22. The van der Waals surface area contributed by atoms with Crippen LogP contribution in [0.4, 0.5) is 10.6 Å². The van der Waals surface area contributed by atoms with Crippen LogP contribution >= 0.6 is 0 Å². The van der Waals surface area contributed by atoms with Crippen molar-refractivity contribution in [2.45, 2.75) is 39.2 Å². The molecule has 4 N–H and O–H groups in total. The van der Waals surface area contributed by atoms with Crippen molar-refractivity contribution in [1.29, 1.82) is 0 Å². The summed E-state index contributed by atoms with van der Waals surface area (Å²) in [6.45, 7) is 4.08. The summed E-state index contributed by atoms with van der Waals surface area (Å²) in [5.74, 6) is 5.99. The van der Waals surface area contributed by atoms with E-state index in [1.165, 1.54) is 4.90 Å². The smallest absolute Gasteiger partial charge is 0.407 e. The van der Waals surface area contributed by atoms with Crippen molar-refractivity contribution in [3.05, 3.63) is 65.2 Å². The molecule has 36 heavy (non-hydrogen) atoms. The van der Waals surface area contributed by atoms with Gasteiger partial charge >= 0.3 is 12.1 Å². The van der Waals surface area contributed by atoms with Gasteiger partial charge in [-0.1, -0.05) is 18.2 Å².